The summed E-state index contributed by atoms with van der Waals surface area (Å²) >= 11 is 0. The minimum absolute atomic E-state index is 0.0384. The molecule has 1 heterocycles. The summed E-state index contributed by atoms with van der Waals surface area (Å²) in [4.78, 5) is 52.0. The van der Waals surface area contributed by atoms with Crippen molar-refractivity contribution in [2.45, 2.75) is 33.7 Å². The van der Waals surface area contributed by atoms with Crippen LogP contribution in [0, 0.1) is 0 Å². The number of anilines is 1. The molecule has 0 radical (unpaired) electrons. The van der Waals surface area contributed by atoms with Crippen LogP contribution >= 0.6 is 0 Å². The number of ether oxygens (including phenoxy) is 1. The van der Waals surface area contributed by atoms with Gasteiger partial charge in [-0.05, 0) is 52.0 Å². The van der Waals surface area contributed by atoms with Crippen molar-refractivity contribution in [1.82, 2.24) is 14.7 Å². The topological polar surface area (TPSA) is 111 Å². The van der Waals surface area contributed by atoms with Gasteiger partial charge >= 0.3 is 5.97 Å². The van der Waals surface area contributed by atoms with E-state index in [1.807, 2.05) is 13.8 Å². The molecule has 2 amide bonds. The van der Waals surface area contributed by atoms with E-state index in [-0.39, 0.29) is 23.2 Å². The Balaban J connectivity index is 1.73. The zero-order chi connectivity index (χ0) is 24.8. The van der Waals surface area contributed by atoms with E-state index in [0.717, 1.165) is 0 Å². The number of esters is 1. The second-order valence-corrected chi connectivity index (χ2v) is 7.92. The Morgan fingerprint density at radius 3 is 2.35 bits per heavy atom. The number of aromatic nitrogens is 2. The van der Waals surface area contributed by atoms with Crippen LogP contribution in [0.3, 0.4) is 0 Å². The van der Waals surface area contributed by atoms with Gasteiger partial charge in [-0.1, -0.05) is 24.3 Å². The van der Waals surface area contributed by atoms with Crippen LogP contribution in [0.1, 0.15) is 54.6 Å². The first-order valence-electron chi connectivity index (χ1n) is 11.1. The Labute approximate surface area is 197 Å². The van der Waals surface area contributed by atoms with Crippen molar-refractivity contribution in [3.63, 3.8) is 0 Å². The molecule has 0 fully saturated rings. The molecule has 0 bridgehead atoms. The van der Waals surface area contributed by atoms with Crippen LogP contribution in [-0.2, 0) is 9.53 Å². The van der Waals surface area contributed by atoms with Gasteiger partial charge in [-0.25, -0.2) is 9.48 Å². The van der Waals surface area contributed by atoms with Gasteiger partial charge in [0.1, 0.15) is 0 Å². The van der Waals surface area contributed by atoms with E-state index in [2.05, 4.69) is 10.4 Å². The maximum atomic E-state index is 12.8. The van der Waals surface area contributed by atoms with Crippen LogP contribution < -0.4 is 10.9 Å². The SMILES string of the molecule is CCN(CC)C(=O)c1cccc(NC(=O)COC(=O)c2nn(C(C)C)c(=O)c3ccccc23)c1. The Kier molecular flexibility index (Phi) is 7.78. The largest absolute Gasteiger partial charge is 0.451 e. The minimum atomic E-state index is -0.814. The van der Waals surface area contributed by atoms with Crippen LogP contribution in [0.2, 0.25) is 0 Å². The monoisotopic (exact) mass is 464 g/mol. The van der Waals surface area contributed by atoms with Crippen molar-refractivity contribution in [2.24, 2.45) is 0 Å². The lowest BCUT2D eigenvalue weighted by Gasteiger charge is -2.19. The molecule has 0 spiro atoms. The first kappa shape index (κ1) is 24.6. The number of hydrogen-bond donors (Lipinski definition) is 1. The highest BCUT2D eigenvalue weighted by Gasteiger charge is 2.20. The summed E-state index contributed by atoms with van der Waals surface area (Å²) in [7, 11) is 0. The number of nitrogens with one attached hydrogen (secondary N) is 1. The van der Waals surface area contributed by atoms with Gasteiger partial charge in [-0.2, -0.15) is 5.10 Å². The fraction of sp³-hybridized carbons (Fsp3) is 0.320. The summed E-state index contributed by atoms with van der Waals surface area (Å²) in [5, 5.41) is 7.52. The Morgan fingerprint density at radius 1 is 1.03 bits per heavy atom. The predicted octanol–water partition coefficient (Wildman–Crippen LogP) is 3.25. The number of fused-ring (bicyclic) bond motifs is 1. The Hall–Kier alpha value is -4.01. The molecule has 3 aromatic rings. The molecule has 1 N–H and O–H groups in total. The molecular weight excluding hydrogens is 436 g/mol. The minimum Gasteiger partial charge on any atom is -0.451 e. The normalized spacial score (nSPS) is 10.9. The van der Waals surface area contributed by atoms with E-state index in [1.165, 1.54) is 4.68 Å². The third-order valence-corrected chi connectivity index (χ3v) is 5.29. The molecule has 0 saturated heterocycles. The van der Waals surface area contributed by atoms with Crippen molar-refractivity contribution in [1.29, 1.82) is 0 Å². The van der Waals surface area contributed by atoms with Crippen LogP contribution in [0.4, 0.5) is 5.69 Å². The molecule has 9 nitrogen and oxygen atoms in total. The number of amides is 2. The molecule has 3 rings (SSSR count). The first-order chi connectivity index (χ1) is 16.3. The standard InChI is InChI=1S/C25H28N4O5/c1-5-28(6-2)23(31)17-10-9-11-18(14-17)26-21(30)15-34-25(33)22-19-12-7-8-13-20(19)24(32)29(27-22)16(3)4/h7-14,16H,5-6,15H2,1-4H3,(H,26,30). The van der Waals surface area contributed by atoms with E-state index in [1.54, 1.807) is 67.3 Å². The maximum absolute atomic E-state index is 12.8. The molecule has 1 aromatic heterocycles. The smallest absolute Gasteiger partial charge is 0.359 e. The number of benzene rings is 2. The first-order valence-corrected chi connectivity index (χ1v) is 11.1. The molecule has 2 aromatic carbocycles. The lowest BCUT2D eigenvalue weighted by molar-refractivity contribution is -0.119. The lowest BCUT2D eigenvalue weighted by Crippen LogP contribution is -2.30. The van der Waals surface area contributed by atoms with Crippen LogP contribution in [-0.4, -0.2) is 52.2 Å². The number of hydrogen-bond acceptors (Lipinski definition) is 6. The van der Waals surface area contributed by atoms with Crippen LogP contribution in [0.25, 0.3) is 10.8 Å². The van der Waals surface area contributed by atoms with Crippen molar-refractivity contribution >= 4 is 34.2 Å². The average molecular weight is 465 g/mol. The van der Waals surface area contributed by atoms with E-state index in [9.17, 15) is 19.2 Å². The quantitative estimate of drug-likeness (QED) is 0.513. The van der Waals surface area contributed by atoms with Crippen LogP contribution in [0.5, 0.6) is 0 Å². The zero-order valence-electron chi connectivity index (χ0n) is 19.7. The number of carbonyl (C=O) groups is 3. The fourth-order valence-corrected chi connectivity index (χ4v) is 3.53. The summed E-state index contributed by atoms with van der Waals surface area (Å²) < 4.78 is 6.41. The average Bonchev–Trinajstić information content (AvgIpc) is 2.83. The molecule has 0 aliphatic rings. The molecule has 34 heavy (non-hydrogen) atoms. The summed E-state index contributed by atoms with van der Waals surface area (Å²) in [5.41, 5.74) is 0.517. The third kappa shape index (κ3) is 5.31. The van der Waals surface area contributed by atoms with Gasteiger partial charge in [0.25, 0.3) is 17.4 Å². The number of rotatable bonds is 8. The molecule has 0 atom stereocenters. The van der Waals surface area contributed by atoms with Crippen molar-refractivity contribution in [3.8, 4) is 0 Å². The van der Waals surface area contributed by atoms with Gasteiger partial charge in [0.15, 0.2) is 12.3 Å². The van der Waals surface area contributed by atoms with Crippen molar-refractivity contribution < 1.29 is 19.1 Å². The molecule has 0 unspecified atom stereocenters. The Morgan fingerprint density at radius 2 is 1.71 bits per heavy atom. The van der Waals surface area contributed by atoms with Gasteiger partial charge in [0, 0.05) is 29.7 Å². The second kappa shape index (κ2) is 10.7. The van der Waals surface area contributed by atoms with Gasteiger partial charge in [0.05, 0.1) is 11.4 Å². The summed E-state index contributed by atoms with van der Waals surface area (Å²) in [6.45, 7) is 7.96. The van der Waals surface area contributed by atoms with Gasteiger partial charge in [-0.3, -0.25) is 14.4 Å². The number of carbonyl (C=O) groups excluding carboxylic acids is 3. The van der Waals surface area contributed by atoms with Crippen LogP contribution in [0.15, 0.2) is 53.3 Å². The zero-order valence-corrected chi connectivity index (χ0v) is 19.7. The summed E-state index contributed by atoms with van der Waals surface area (Å²) in [6, 6.07) is 12.9. The highest BCUT2D eigenvalue weighted by molar-refractivity contribution is 6.03. The lowest BCUT2D eigenvalue weighted by atomic mass is 10.1. The van der Waals surface area contributed by atoms with Gasteiger partial charge in [-0.15, -0.1) is 0 Å². The molecule has 9 heteroatoms. The third-order valence-electron chi connectivity index (χ3n) is 5.29. The predicted molar refractivity (Wildman–Crippen MR) is 129 cm³/mol. The second-order valence-electron chi connectivity index (χ2n) is 7.92. The highest BCUT2D eigenvalue weighted by Crippen LogP contribution is 2.16. The van der Waals surface area contributed by atoms with Gasteiger partial charge in [0.2, 0.25) is 0 Å². The fourth-order valence-electron chi connectivity index (χ4n) is 3.53. The molecule has 0 saturated carbocycles. The van der Waals surface area contributed by atoms with E-state index < -0.39 is 18.5 Å². The van der Waals surface area contributed by atoms with Gasteiger partial charge < -0.3 is 15.0 Å². The highest BCUT2D eigenvalue weighted by atomic mass is 16.5. The summed E-state index contributed by atoms with van der Waals surface area (Å²) in [5.74, 6) is -1.51. The number of nitrogens with zero attached hydrogens (tertiary/aromatic N) is 3. The van der Waals surface area contributed by atoms with E-state index >= 15 is 0 Å². The molecule has 0 aliphatic carbocycles. The van der Waals surface area contributed by atoms with E-state index in [4.69, 9.17) is 4.74 Å². The molecular formula is C25H28N4O5. The van der Waals surface area contributed by atoms with Crippen molar-refractivity contribution in [3.05, 3.63) is 70.1 Å². The maximum Gasteiger partial charge on any atom is 0.359 e. The molecule has 178 valence electrons. The van der Waals surface area contributed by atoms with Crippen molar-refractivity contribution in [2.75, 3.05) is 25.0 Å². The summed E-state index contributed by atoms with van der Waals surface area (Å²) in [6.07, 6.45) is 0. The Bertz CT molecular complexity index is 1280. The molecule has 0 aliphatic heterocycles. The van der Waals surface area contributed by atoms with E-state index in [0.29, 0.717) is 35.1 Å².